The molecule has 146 valence electrons. The molecule has 0 fully saturated rings. The molecule has 0 radical (unpaired) electrons. The van der Waals surface area contributed by atoms with E-state index < -0.39 is 0 Å². The first-order valence-corrected chi connectivity index (χ1v) is 9.15. The van der Waals surface area contributed by atoms with E-state index in [4.69, 9.17) is 4.99 Å². The maximum atomic E-state index is 9.23. The lowest BCUT2D eigenvalue weighted by atomic mass is 9.94. The molecule has 0 aliphatic carbocycles. The second kappa shape index (κ2) is 14.4. The van der Waals surface area contributed by atoms with Crippen molar-refractivity contribution in [1.29, 1.82) is 0 Å². The number of aliphatic hydroxyl groups excluding tert-OH is 1. The number of halogens is 1. The maximum absolute atomic E-state index is 9.23. The average Bonchev–Trinajstić information content (AvgIpc) is 3.02. The summed E-state index contributed by atoms with van der Waals surface area (Å²) in [5.41, 5.74) is 0. The molecule has 0 aliphatic heterocycles. The fourth-order valence-electron chi connectivity index (χ4n) is 2.77. The summed E-state index contributed by atoms with van der Waals surface area (Å²) < 4.78 is 1.94. The largest absolute Gasteiger partial charge is 0.396 e. The molecule has 6 nitrogen and oxygen atoms in total. The van der Waals surface area contributed by atoms with E-state index in [1.807, 2.05) is 16.9 Å². The van der Waals surface area contributed by atoms with Crippen LogP contribution in [0.5, 0.6) is 0 Å². The lowest BCUT2D eigenvalue weighted by Crippen LogP contribution is -2.40. The highest BCUT2D eigenvalue weighted by molar-refractivity contribution is 14.0. The lowest BCUT2D eigenvalue weighted by Gasteiger charge is -2.20. The fourth-order valence-corrected chi connectivity index (χ4v) is 2.77. The van der Waals surface area contributed by atoms with Crippen LogP contribution in [0.4, 0.5) is 0 Å². The van der Waals surface area contributed by atoms with Crippen molar-refractivity contribution in [2.45, 2.75) is 47.1 Å². The van der Waals surface area contributed by atoms with E-state index >= 15 is 0 Å². The Kier molecular flexibility index (Phi) is 13.9. The summed E-state index contributed by atoms with van der Waals surface area (Å²) in [6.07, 6.45) is 5.73. The molecule has 0 bridgehead atoms. The second-order valence-electron chi connectivity index (χ2n) is 6.94. The highest BCUT2D eigenvalue weighted by Crippen LogP contribution is 2.14. The second-order valence-corrected chi connectivity index (χ2v) is 6.94. The zero-order valence-corrected chi connectivity index (χ0v) is 18.4. The number of hydrogen-bond donors (Lipinski definition) is 3. The molecular formula is C18H36IN5O. The third kappa shape index (κ3) is 11.4. The van der Waals surface area contributed by atoms with Gasteiger partial charge in [0, 0.05) is 45.2 Å². The van der Waals surface area contributed by atoms with Gasteiger partial charge < -0.3 is 15.7 Å². The summed E-state index contributed by atoms with van der Waals surface area (Å²) >= 11 is 0. The van der Waals surface area contributed by atoms with Gasteiger partial charge in [-0.2, -0.15) is 5.10 Å². The standard InChI is InChI=1S/C18H35N5O.HI/c1-5-19-18(21-13-17(7-10-24)11-15(2)3)20-12-16(4)14-23-9-6-8-22-23;/h6,8-9,15-17,24H,5,7,10-14H2,1-4H3,(H2,19,20,21);1H. The molecule has 1 aromatic rings. The first-order chi connectivity index (χ1) is 11.5. The number of aromatic nitrogens is 2. The van der Waals surface area contributed by atoms with Crippen LogP contribution in [-0.2, 0) is 6.54 Å². The molecular weight excluding hydrogens is 429 g/mol. The van der Waals surface area contributed by atoms with Crippen molar-refractivity contribution in [3.63, 3.8) is 0 Å². The molecule has 0 spiro atoms. The molecule has 0 amide bonds. The molecule has 0 aromatic carbocycles. The summed E-state index contributed by atoms with van der Waals surface area (Å²) in [5, 5.41) is 20.2. The fraction of sp³-hybridized carbons (Fsp3) is 0.778. The molecule has 0 aliphatic rings. The van der Waals surface area contributed by atoms with Gasteiger partial charge in [-0.15, -0.1) is 24.0 Å². The Morgan fingerprint density at radius 3 is 2.60 bits per heavy atom. The molecule has 25 heavy (non-hydrogen) atoms. The number of aliphatic hydroxyl groups is 1. The Morgan fingerprint density at radius 1 is 1.28 bits per heavy atom. The first-order valence-electron chi connectivity index (χ1n) is 9.15. The van der Waals surface area contributed by atoms with Crippen LogP contribution in [0.3, 0.4) is 0 Å². The number of nitrogens with zero attached hydrogens (tertiary/aromatic N) is 3. The van der Waals surface area contributed by atoms with Gasteiger partial charge in [-0.3, -0.25) is 9.67 Å². The van der Waals surface area contributed by atoms with Crippen LogP contribution in [0.1, 0.15) is 40.5 Å². The normalized spacial score (nSPS) is 14.1. The van der Waals surface area contributed by atoms with E-state index in [0.717, 1.165) is 45.0 Å². The predicted octanol–water partition coefficient (Wildman–Crippen LogP) is 2.74. The van der Waals surface area contributed by atoms with Crippen molar-refractivity contribution in [1.82, 2.24) is 20.4 Å². The van der Waals surface area contributed by atoms with Gasteiger partial charge in [-0.25, -0.2) is 0 Å². The minimum absolute atomic E-state index is 0. The van der Waals surface area contributed by atoms with Gasteiger partial charge in [0.2, 0.25) is 0 Å². The summed E-state index contributed by atoms with van der Waals surface area (Å²) in [6.45, 7) is 12.3. The van der Waals surface area contributed by atoms with Crippen LogP contribution in [0.25, 0.3) is 0 Å². The van der Waals surface area contributed by atoms with Gasteiger partial charge in [0.15, 0.2) is 5.96 Å². The van der Waals surface area contributed by atoms with E-state index in [2.05, 4.69) is 43.4 Å². The van der Waals surface area contributed by atoms with Gasteiger partial charge >= 0.3 is 0 Å². The van der Waals surface area contributed by atoms with Crippen molar-refractivity contribution >= 4 is 29.9 Å². The molecule has 1 heterocycles. The van der Waals surface area contributed by atoms with Gasteiger partial charge in [0.1, 0.15) is 0 Å². The number of guanidine groups is 1. The first kappa shape index (κ1) is 24.2. The predicted molar refractivity (Wildman–Crippen MR) is 115 cm³/mol. The monoisotopic (exact) mass is 465 g/mol. The van der Waals surface area contributed by atoms with Gasteiger partial charge in [-0.05, 0) is 43.6 Å². The highest BCUT2D eigenvalue weighted by Gasteiger charge is 2.11. The van der Waals surface area contributed by atoms with Crippen molar-refractivity contribution in [3.8, 4) is 0 Å². The molecule has 3 N–H and O–H groups in total. The molecule has 0 saturated heterocycles. The van der Waals surface area contributed by atoms with Crippen molar-refractivity contribution in [2.75, 3.05) is 26.2 Å². The zero-order valence-electron chi connectivity index (χ0n) is 16.1. The zero-order chi connectivity index (χ0) is 17.8. The van der Waals surface area contributed by atoms with E-state index in [-0.39, 0.29) is 30.6 Å². The molecule has 2 atom stereocenters. The molecule has 1 aromatic heterocycles. The minimum Gasteiger partial charge on any atom is -0.396 e. The van der Waals surface area contributed by atoms with Crippen LogP contribution in [0.15, 0.2) is 23.5 Å². The smallest absolute Gasteiger partial charge is 0.191 e. The van der Waals surface area contributed by atoms with Crippen LogP contribution < -0.4 is 10.6 Å². The molecule has 7 heteroatoms. The average molecular weight is 465 g/mol. The summed E-state index contributed by atoms with van der Waals surface area (Å²) in [7, 11) is 0. The van der Waals surface area contributed by atoms with E-state index in [1.54, 1.807) is 6.20 Å². The third-order valence-electron chi connectivity index (χ3n) is 3.86. The van der Waals surface area contributed by atoms with E-state index in [9.17, 15) is 5.11 Å². The van der Waals surface area contributed by atoms with Crippen LogP contribution >= 0.6 is 24.0 Å². The van der Waals surface area contributed by atoms with E-state index in [1.165, 1.54) is 0 Å². The van der Waals surface area contributed by atoms with Crippen molar-refractivity contribution in [3.05, 3.63) is 18.5 Å². The maximum Gasteiger partial charge on any atom is 0.191 e. The lowest BCUT2D eigenvalue weighted by molar-refractivity contribution is 0.243. The quantitative estimate of drug-likeness (QED) is 0.267. The van der Waals surface area contributed by atoms with Gasteiger partial charge in [0.25, 0.3) is 0 Å². The molecule has 1 rings (SSSR count). The highest BCUT2D eigenvalue weighted by atomic mass is 127. The Hall–Kier alpha value is -0.830. The Bertz CT molecular complexity index is 450. The topological polar surface area (TPSA) is 74.5 Å². The van der Waals surface area contributed by atoms with Gasteiger partial charge in [-0.1, -0.05) is 20.8 Å². The Morgan fingerprint density at radius 2 is 2.04 bits per heavy atom. The summed E-state index contributed by atoms with van der Waals surface area (Å²) in [6, 6.07) is 1.94. The number of nitrogens with one attached hydrogen (secondary N) is 2. The number of hydrogen-bond acceptors (Lipinski definition) is 3. The Labute approximate surface area is 169 Å². The number of rotatable bonds is 11. The van der Waals surface area contributed by atoms with Crippen LogP contribution in [0.2, 0.25) is 0 Å². The SMILES string of the molecule is CCNC(=NCC(C)Cn1cccn1)NCC(CCO)CC(C)C.I. The molecule has 0 saturated carbocycles. The van der Waals surface area contributed by atoms with Crippen molar-refractivity contribution in [2.24, 2.45) is 22.7 Å². The molecule has 2 unspecified atom stereocenters. The van der Waals surface area contributed by atoms with Crippen LogP contribution in [0, 0.1) is 17.8 Å². The summed E-state index contributed by atoms with van der Waals surface area (Å²) in [5.74, 6) is 2.39. The minimum atomic E-state index is 0. The van der Waals surface area contributed by atoms with Gasteiger partial charge in [0.05, 0.1) is 0 Å². The Balaban J connectivity index is 0.00000576. The third-order valence-corrected chi connectivity index (χ3v) is 3.86. The van der Waals surface area contributed by atoms with Crippen LogP contribution in [-0.4, -0.2) is 47.1 Å². The summed E-state index contributed by atoms with van der Waals surface area (Å²) in [4.78, 5) is 4.70. The number of aliphatic imine (C=N–C) groups is 1. The van der Waals surface area contributed by atoms with E-state index in [0.29, 0.717) is 17.8 Å². The van der Waals surface area contributed by atoms with Crippen molar-refractivity contribution < 1.29 is 5.11 Å².